The summed E-state index contributed by atoms with van der Waals surface area (Å²) in [6.07, 6.45) is 1.13. The Balaban J connectivity index is 2.05. The molecule has 0 unspecified atom stereocenters. The summed E-state index contributed by atoms with van der Waals surface area (Å²) in [4.78, 5) is 0. The highest BCUT2D eigenvalue weighted by Gasteiger charge is 2.08. The van der Waals surface area contributed by atoms with Gasteiger partial charge in [-0.1, -0.05) is 49.4 Å². The summed E-state index contributed by atoms with van der Waals surface area (Å²) in [6, 6.07) is 16.4. The molecule has 20 heavy (non-hydrogen) atoms. The zero-order chi connectivity index (χ0) is 14.2. The van der Waals surface area contributed by atoms with Gasteiger partial charge in [0.2, 0.25) is 0 Å². The van der Waals surface area contributed by atoms with Gasteiger partial charge < -0.3 is 10.1 Å². The van der Waals surface area contributed by atoms with Crippen molar-refractivity contribution in [3.8, 4) is 5.75 Å². The number of para-hydroxylation sites is 1. The van der Waals surface area contributed by atoms with Gasteiger partial charge in [0.15, 0.2) is 0 Å². The van der Waals surface area contributed by atoms with Gasteiger partial charge in [-0.25, -0.2) is 0 Å². The van der Waals surface area contributed by atoms with Gasteiger partial charge in [-0.15, -0.1) is 0 Å². The minimum atomic E-state index is 0.588. The Morgan fingerprint density at radius 3 is 2.60 bits per heavy atom. The molecule has 0 aliphatic rings. The van der Waals surface area contributed by atoms with Crippen LogP contribution >= 0.6 is 15.9 Å². The van der Waals surface area contributed by atoms with E-state index in [0.717, 1.165) is 29.7 Å². The Hall–Kier alpha value is -1.32. The molecule has 1 N–H and O–H groups in total. The molecule has 0 saturated heterocycles. The Labute approximate surface area is 129 Å². The van der Waals surface area contributed by atoms with Crippen molar-refractivity contribution >= 4 is 15.9 Å². The van der Waals surface area contributed by atoms with E-state index in [0.29, 0.717) is 6.61 Å². The molecule has 2 aromatic carbocycles. The third-order valence-electron chi connectivity index (χ3n) is 3.02. The average molecular weight is 334 g/mol. The number of halogens is 1. The molecule has 2 aromatic rings. The molecule has 0 amide bonds. The quantitative estimate of drug-likeness (QED) is 0.751. The third-order valence-corrected chi connectivity index (χ3v) is 3.64. The second-order valence-electron chi connectivity index (χ2n) is 4.68. The zero-order valence-corrected chi connectivity index (χ0v) is 13.3. The van der Waals surface area contributed by atoms with Crippen molar-refractivity contribution in [1.82, 2.24) is 5.32 Å². The van der Waals surface area contributed by atoms with Crippen molar-refractivity contribution in [1.29, 1.82) is 0 Å². The minimum Gasteiger partial charge on any atom is -0.487 e. The van der Waals surface area contributed by atoms with Crippen molar-refractivity contribution in [2.45, 2.75) is 26.5 Å². The van der Waals surface area contributed by atoms with Crippen LogP contribution in [-0.4, -0.2) is 6.54 Å². The van der Waals surface area contributed by atoms with E-state index in [1.807, 2.05) is 30.3 Å². The standard InChI is InChI=1S/C17H20BrNO/c1-2-11-19-12-15-9-6-10-16(18)17(15)20-13-14-7-4-3-5-8-14/h3-10,19H,2,11-13H2,1H3. The molecular formula is C17H20BrNO. The van der Waals surface area contributed by atoms with Crippen LogP contribution in [0, 0.1) is 0 Å². The Morgan fingerprint density at radius 2 is 1.85 bits per heavy atom. The lowest BCUT2D eigenvalue weighted by molar-refractivity contribution is 0.300. The topological polar surface area (TPSA) is 21.3 Å². The number of hydrogen-bond acceptors (Lipinski definition) is 2. The molecule has 0 aliphatic carbocycles. The summed E-state index contributed by atoms with van der Waals surface area (Å²) in [5.74, 6) is 0.931. The van der Waals surface area contributed by atoms with Gasteiger partial charge in [-0.3, -0.25) is 0 Å². The van der Waals surface area contributed by atoms with Crippen LogP contribution in [-0.2, 0) is 13.2 Å². The molecule has 0 bridgehead atoms. The van der Waals surface area contributed by atoms with E-state index in [2.05, 4.69) is 46.4 Å². The maximum absolute atomic E-state index is 6.00. The number of nitrogens with one attached hydrogen (secondary N) is 1. The second kappa shape index (κ2) is 8.08. The molecule has 2 nitrogen and oxygen atoms in total. The SMILES string of the molecule is CCCNCc1cccc(Br)c1OCc1ccccc1. The van der Waals surface area contributed by atoms with Crippen LogP contribution < -0.4 is 10.1 Å². The Kier molecular flexibility index (Phi) is 6.09. The van der Waals surface area contributed by atoms with Gasteiger partial charge in [0.1, 0.15) is 12.4 Å². The van der Waals surface area contributed by atoms with Crippen molar-refractivity contribution in [3.05, 3.63) is 64.1 Å². The predicted molar refractivity (Wildman–Crippen MR) is 86.9 cm³/mol. The molecule has 0 aliphatic heterocycles. The highest BCUT2D eigenvalue weighted by molar-refractivity contribution is 9.10. The molecule has 0 spiro atoms. The average Bonchev–Trinajstić information content (AvgIpc) is 2.48. The van der Waals surface area contributed by atoms with E-state index in [1.54, 1.807) is 0 Å². The fourth-order valence-electron chi connectivity index (χ4n) is 1.98. The van der Waals surface area contributed by atoms with Crippen molar-refractivity contribution in [3.63, 3.8) is 0 Å². The van der Waals surface area contributed by atoms with Crippen molar-refractivity contribution in [2.24, 2.45) is 0 Å². The molecular weight excluding hydrogens is 314 g/mol. The zero-order valence-electron chi connectivity index (χ0n) is 11.7. The molecule has 2 rings (SSSR count). The van der Waals surface area contributed by atoms with Gasteiger partial charge in [-0.2, -0.15) is 0 Å². The number of hydrogen-bond donors (Lipinski definition) is 1. The summed E-state index contributed by atoms with van der Waals surface area (Å²) < 4.78 is 7.00. The van der Waals surface area contributed by atoms with Crippen LogP contribution in [0.25, 0.3) is 0 Å². The summed E-state index contributed by atoms with van der Waals surface area (Å²) in [5.41, 5.74) is 2.36. The first-order valence-corrected chi connectivity index (χ1v) is 7.75. The first kappa shape index (κ1) is 15.1. The molecule has 0 aromatic heterocycles. The first-order valence-electron chi connectivity index (χ1n) is 6.96. The highest BCUT2D eigenvalue weighted by Crippen LogP contribution is 2.29. The summed E-state index contributed by atoms with van der Waals surface area (Å²) in [7, 11) is 0. The van der Waals surface area contributed by atoms with Gasteiger partial charge in [0.05, 0.1) is 4.47 Å². The van der Waals surface area contributed by atoms with Crippen LogP contribution in [0.5, 0.6) is 5.75 Å². The van der Waals surface area contributed by atoms with Crippen molar-refractivity contribution < 1.29 is 4.74 Å². The largest absolute Gasteiger partial charge is 0.487 e. The Bertz CT molecular complexity index is 528. The van der Waals surface area contributed by atoms with E-state index in [1.165, 1.54) is 11.1 Å². The molecule has 0 radical (unpaired) electrons. The first-order chi connectivity index (χ1) is 9.81. The second-order valence-corrected chi connectivity index (χ2v) is 5.53. The lowest BCUT2D eigenvalue weighted by Crippen LogP contribution is -2.14. The number of benzene rings is 2. The smallest absolute Gasteiger partial charge is 0.138 e. The summed E-state index contributed by atoms with van der Waals surface area (Å²) in [5, 5.41) is 3.42. The molecule has 106 valence electrons. The fraction of sp³-hybridized carbons (Fsp3) is 0.294. The van der Waals surface area contributed by atoms with Gasteiger partial charge >= 0.3 is 0 Å². The number of rotatable bonds is 7. The molecule has 0 fully saturated rings. The normalized spacial score (nSPS) is 10.5. The third kappa shape index (κ3) is 4.36. The predicted octanol–water partition coefficient (Wildman–Crippen LogP) is 4.53. The van der Waals surface area contributed by atoms with E-state index >= 15 is 0 Å². The minimum absolute atomic E-state index is 0.588. The maximum Gasteiger partial charge on any atom is 0.138 e. The van der Waals surface area contributed by atoms with E-state index < -0.39 is 0 Å². The van der Waals surface area contributed by atoms with E-state index in [9.17, 15) is 0 Å². The maximum atomic E-state index is 6.00. The summed E-state index contributed by atoms with van der Waals surface area (Å²) in [6.45, 7) is 4.60. The van der Waals surface area contributed by atoms with Crippen LogP contribution in [0.2, 0.25) is 0 Å². The Morgan fingerprint density at radius 1 is 1.05 bits per heavy atom. The summed E-state index contributed by atoms with van der Waals surface area (Å²) >= 11 is 3.58. The van der Waals surface area contributed by atoms with Crippen LogP contribution in [0.15, 0.2) is 53.0 Å². The highest BCUT2D eigenvalue weighted by atomic mass is 79.9. The monoisotopic (exact) mass is 333 g/mol. The van der Waals surface area contributed by atoms with E-state index in [4.69, 9.17) is 4.74 Å². The molecule has 0 heterocycles. The van der Waals surface area contributed by atoms with Crippen LogP contribution in [0.3, 0.4) is 0 Å². The van der Waals surface area contributed by atoms with Crippen LogP contribution in [0.4, 0.5) is 0 Å². The van der Waals surface area contributed by atoms with Crippen LogP contribution in [0.1, 0.15) is 24.5 Å². The van der Waals surface area contributed by atoms with Crippen molar-refractivity contribution in [2.75, 3.05) is 6.54 Å². The van der Waals surface area contributed by atoms with E-state index in [-0.39, 0.29) is 0 Å². The van der Waals surface area contributed by atoms with Gasteiger partial charge in [-0.05, 0) is 40.5 Å². The molecule has 3 heteroatoms. The lowest BCUT2D eigenvalue weighted by Gasteiger charge is -2.14. The molecule has 0 atom stereocenters. The fourth-order valence-corrected chi connectivity index (χ4v) is 2.51. The lowest BCUT2D eigenvalue weighted by atomic mass is 10.2. The van der Waals surface area contributed by atoms with Gasteiger partial charge in [0, 0.05) is 12.1 Å². The number of ether oxygens (including phenoxy) is 1. The van der Waals surface area contributed by atoms with Gasteiger partial charge in [0.25, 0.3) is 0 Å². The molecule has 0 saturated carbocycles.